The van der Waals surface area contributed by atoms with Crippen LogP contribution in [0.4, 0.5) is 11.4 Å². The molecule has 0 fully saturated rings. The van der Waals surface area contributed by atoms with E-state index in [0.717, 1.165) is 4.47 Å². The van der Waals surface area contributed by atoms with Crippen molar-refractivity contribution in [3.63, 3.8) is 0 Å². The number of hydrogen-bond donors (Lipinski definition) is 2. The molecule has 0 radical (unpaired) electrons. The SMILES string of the molecule is CCOc1ccc(Br)cc1NC(=O)c1n[nH]c(C)c1[N+](=O)[O-]. The van der Waals surface area contributed by atoms with Gasteiger partial charge in [-0.3, -0.25) is 20.0 Å². The molecule has 0 aliphatic rings. The molecule has 2 N–H and O–H groups in total. The van der Waals surface area contributed by atoms with E-state index in [1.165, 1.54) is 6.92 Å². The maximum absolute atomic E-state index is 12.3. The van der Waals surface area contributed by atoms with Gasteiger partial charge >= 0.3 is 5.69 Å². The van der Waals surface area contributed by atoms with Crippen molar-refractivity contribution in [3.05, 3.63) is 44.2 Å². The zero-order chi connectivity index (χ0) is 16.3. The summed E-state index contributed by atoms with van der Waals surface area (Å²) in [6.07, 6.45) is 0. The van der Waals surface area contributed by atoms with Crippen LogP contribution in [0.1, 0.15) is 23.1 Å². The van der Waals surface area contributed by atoms with Crippen molar-refractivity contribution in [2.24, 2.45) is 0 Å². The largest absolute Gasteiger partial charge is 0.492 e. The smallest absolute Gasteiger partial charge is 0.322 e. The van der Waals surface area contributed by atoms with Gasteiger partial charge in [-0.25, -0.2) is 0 Å². The van der Waals surface area contributed by atoms with Crippen LogP contribution in [-0.2, 0) is 0 Å². The van der Waals surface area contributed by atoms with Gasteiger partial charge in [-0.2, -0.15) is 5.10 Å². The average molecular weight is 369 g/mol. The molecule has 22 heavy (non-hydrogen) atoms. The van der Waals surface area contributed by atoms with Crippen molar-refractivity contribution in [3.8, 4) is 5.75 Å². The van der Waals surface area contributed by atoms with E-state index >= 15 is 0 Å². The third-order valence-electron chi connectivity index (χ3n) is 2.80. The molecule has 2 rings (SSSR count). The Bertz CT molecular complexity index is 729. The number of aromatic nitrogens is 2. The number of aromatic amines is 1. The molecule has 0 saturated heterocycles. The number of carbonyl (C=O) groups excluding carboxylic acids is 1. The number of rotatable bonds is 5. The van der Waals surface area contributed by atoms with Crippen molar-refractivity contribution in [1.29, 1.82) is 0 Å². The first-order valence-corrected chi connectivity index (χ1v) is 7.16. The van der Waals surface area contributed by atoms with E-state index in [-0.39, 0.29) is 17.1 Å². The first-order chi connectivity index (χ1) is 10.4. The minimum atomic E-state index is -0.685. The minimum Gasteiger partial charge on any atom is -0.492 e. The van der Waals surface area contributed by atoms with Crippen molar-refractivity contribution < 1.29 is 14.5 Å². The number of nitrogens with one attached hydrogen (secondary N) is 2. The second kappa shape index (κ2) is 6.56. The van der Waals surface area contributed by atoms with Gasteiger partial charge in [0.05, 0.1) is 17.2 Å². The average Bonchev–Trinajstić information content (AvgIpc) is 2.84. The van der Waals surface area contributed by atoms with Crippen LogP contribution in [0.15, 0.2) is 22.7 Å². The van der Waals surface area contributed by atoms with Gasteiger partial charge in [0.25, 0.3) is 5.91 Å². The van der Waals surface area contributed by atoms with Gasteiger partial charge in [-0.05, 0) is 32.0 Å². The summed E-state index contributed by atoms with van der Waals surface area (Å²) in [7, 11) is 0. The van der Waals surface area contributed by atoms with Gasteiger partial charge in [-0.15, -0.1) is 0 Å². The standard InChI is InChI=1S/C13H13BrN4O4/c1-3-22-10-5-4-8(14)6-9(10)15-13(19)11-12(18(20)21)7(2)16-17-11/h4-6H,3H2,1-2H3,(H,15,19)(H,16,17). The van der Waals surface area contributed by atoms with Gasteiger partial charge in [0, 0.05) is 4.47 Å². The maximum Gasteiger partial charge on any atom is 0.322 e. The van der Waals surface area contributed by atoms with E-state index in [0.29, 0.717) is 18.0 Å². The van der Waals surface area contributed by atoms with Crippen molar-refractivity contribution in [2.45, 2.75) is 13.8 Å². The number of benzene rings is 1. The van der Waals surface area contributed by atoms with Crippen LogP contribution < -0.4 is 10.1 Å². The van der Waals surface area contributed by atoms with E-state index in [1.54, 1.807) is 18.2 Å². The van der Waals surface area contributed by atoms with Gasteiger partial charge in [0.2, 0.25) is 5.69 Å². The zero-order valence-electron chi connectivity index (χ0n) is 11.8. The quantitative estimate of drug-likeness (QED) is 0.622. The maximum atomic E-state index is 12.3. The van der Waals surface area contributed by atoms with Crippen molar-refractivity contribution in [1.82, 2.24) is 10.2 Å². The minimum absolute atomic E-state index is 0.217. The molecule has 116 valence electrons. The summed E-state index contributed by atoms with van der Waals surface area (Å²) < 4.78 is 6.15. The van der Waals surface area contributed by atoms with E-state index in [4.69, 9.17) is 4.74 Å². The first kappa shape index (κ1) is 16.0. The highest BCUT2D eigenvalue weighted by molar-refractivity contribution is 9.10. The normalized spacial score (nSPS) is 10.3. The predicted molar refractivity (Wildman–Crippen MR) is 83.2 cm³/mol. The fraction of sp³-hybridized carbons (Fsp3) is 0.231. The summed E-state index contributed by atoms with van der Waals surface area (Å²) in [5.74, 6) is -0.218. The molecular formula is C13H13BrN4O4. The summed E-state index contributed by atoms with van der Waals surface area (Å²) in [4.78, 5) is 22.6. The topological polar surface area (TPSA) is 110 Å². The van der Waals surface area contributed by atoms with E-state index in [2.05, 4.69) is 31.4 Å². The highest BCUT2D eigenvalue weighted by atomic mass is 79.9. The lowest BCUT2D eigenvalue weighted by molar-refractivity contribution is -0.385. The monoisotopic (exact) mass is 368 g/mol. The van der Waals surface area contributed by atoms with Crippen LogP contribution in [0.5, 0.6) is 5.75 Å². The van der Waals surface area contributed by atoms with Gasteiger partial charge in [0.1, 0.15) is 11.4 Å². The molecule has 1 heterocycles. The van der Waals surface area contributed by atoms with E-state index in [9.17, 15) is 14.9 Å². The summed E-state index contributed by atoms with van der Waals surface area (Å²) in [5.41, 5.74) is 0.000908. The Balaban J connectivity index is 2.33. The fourth-order valence-corrected chi connectivity index (χ4v) is 2.23. The van der Waals surface area contributed by atoms with Crippen LogP contribution in [0, 0.1) is 17.0 Å². The van der Waals surface area contributed by atoms with Crippen LogP contribution in [0.25, 0.3) is 0 Å². The van der Waals surface area contributed by atoms with E-state index < -0.39 is 10.8 Å². The lowest BCUT2D eigenvalue weighted by Gasteiger charge is -2.11. The molecule has 1 aromatic carbocycles. The molecule has 9 heteroatoms. The number of nitro groups is 1. The molecule has 0 spiro atoms. The summed E-state index contributed by atoms with van der Waals surface area (Å²) >= 11 is 3.30. The van der Waals surface area contributed by atoms with Gasteiger partial charge < -0.3 is 10.1 Å². The third kappa shape index (κ3) is 3.25. The molecule has 0 aliphatic heterocycles. The number of halogens is 1. The van der Waals surface area contributed by atoms with Gasteiger partial charge in [0.15, 0.2) is 0 Å². The molecule has 0 saturated carbocycles. The molecule has 1 aromatic heterocycles. The summed E-state index contributed by atoms with van der Waals surface area (Å²) in [6, 6.07) is 5.10. The van der Waals surface area contributed by atoms with Crippen LogP contribution >= 0.6 is 15.9 Å². The Morgan fingerprint density at radius 1 is 1.55 bits per heavy atom. The third-order valence-corrected chi connectivity index (χ3v) is 3.30. The van der Waals surface area contributed by atoms with Crippen molar-refractivity contribution >= 4 is 33.2 Å². The number of ether oxygens (including phenoxy) is 1. The Labute approximate surface area is 134 Å². The number of amides is 1. The molecule has 0 atom stereocenters. The highest BCUT2D eigenvalue weighted by Crippen LogP contribution is 2.29. The van der Waals surface area contributed by atoms with Crippen LogP contribution in [-0.4, -0.2) is 27.6 Å². The number of aryl methyl sites for hydroxylation is 1. The molecule has 0 unspecified atom stereocenters. The molecular weight excluding hydrogens is 356 g/mol. The highest BCUT2D eigenvalue weighted by Gasteiger charge is 2.27. The summed E-state index contributed by atoms with van der Waals surface area (Å²) in [5, 5.41) is 19.7. The fourth-order valence-electron chi connectivity index (χ4n) is 1.87. The number of anilines is 1. The predicted octanol–water partition coefficient (Wildman–Crippen LogP) is 3.04. The Hall–Kier alpha value is -2.42. The van der Waals surface area contributed by atoms with E-state index in [1.807, 2.05) is 6.92 Å². The number of hydrogen-bond acceptors (Lipinski definition) is 5. The summed E-state index contributed by atoms with van der Waals surface area (Å²) in [6.45, 7) is 3.72. The Morgan fingerprint density at radius 2 is 2.27 bits per heavy atom. The Morgan fingerprint density at radius 3 is 2.91 bits per heavy atom. The molecule has 8 nitrogen and oxygen atoms in total. The Kier molecular flexibility index (Phi) is 4.76. The van der Waals surface area contributed by atoms with Crippen molar-refractivity contribution in [2.75, 3.05) is 11.9 Å². The number of nitrogens with zero attached hydrogens (tertiary/aromatic N) is 2. The van der Waals surface area contributed by atoms with Crippen LogP contribution in [0.3, 0.4) is 0 Å². The second-order valence-corrected chi connectivity index (χ2v) is 5.25. The second-order valence-electron chi connectivity index (χ2n) is 4.33. The van der Waals surface area contributed by atoms with Gasteiger partial charge in [-0.1, -0.05) is 15.9 Å². The molecule has 2 aromatic rings. The zero-order valence-corrected chi connectivity index (χ0v) is 13.4. The molecule has 0 aliphatic carbocycles. The number of H-pyrrole nitrogens is 1. The molecule has 1 amide bonds. The number of carbonyl (C=O) groups is 1. The van der Waals surface area contributed by atoms with Crippen LogP contribution in [0.2, 0.25) is 0 Å². The lowest BCUT2D eigenvalue weighted by atomic mass is 10.2. The lowest BCUT2D eigenvalue weighted by Crippen LogP contribution is -2.15. The first-order valence-electron chi connectivity index (χ1n) is 6.37. The molecule has 0 bridgehead atoms.